The van der Waals surface area contributed by atoms with Crippen LogP contribution in [0.1, 0.15) is 40.5 Å². The maximum atomic E-state index is 11.9. The smallest absolute Gasteiger partial charge is 0.224 e. The molecule has 0 spiro atoms. The number of nitrogens with one attached hydrogen (secondary N) is 1. The van der Waals surface area contributed by atoms with E-state index in [-0.39, 0.29) is 11.4 Å². The number of hydrogen-bond donors (Lipinski definition) is 2. The first kappa shape index (κ1) is 17.3. The minimum atomic E-state index is -0.341. The van der Waals surface area contributed by atoms with Crippen LogP contribution < -0.4 is 20.5 Å². The molecule has 5 heteroatoms. The Morgan fingerprint density at radius 3 is 2.38 bits per heavy atom. The Labute approximate surface area is 126 Å². The summed E-state index contributed by atoms with van der Waals surface area (Å²) >= 11 is 0. The maximum absolute atomic E-state index is 11.9. The van der Waals surface area contributed by atoms with Crippen LogP contribution in [-0.2, 0) is 4.79 Å². The van der Waals surface area contributed by atoms with Crippen molar-refractivity contribution in [1.82, 2.24) is 0 Å². The van der Waals surface area contributed by atoms with Crippen molar-refractivity contribution in [2.24, 2.45) is 5.73 Å². The minimum Gasteiger partial charge on any atom is -0.490 e. The SMILES string of the molecule is CCOc1ccc(NC(=O)CCC(C)(C)N)cc1OCC. The van der Waals surface area contributed by atoms with Gasteiger partial charge in [-0.2, -0.15) is 0 Å². The third kappa shape index (κ3) is 6.49. The molecule has 0 aromatic heterocycles. The highest BCUT2D eigenvalue weighted by atomic mass is 16.5. The van der Waals surface area contributed by atoms with Crippen LogP contribution in [0.15, 0.2) is 18.2 Å². The van der Waals surface area contributed by atoms with Crippen LogP contribution in [0.2, 0.25) is 0 Å². The van der Waals surface area contributed by atoms with Crippen LogP contribution in [0.5, 0.6) is 11.5 Å². The zero-order chi connectivity index (χ0) is 15.9. The number of amides is 1. The highest BCUT2D eigenvalue weighted by Crippen LogP contribution is 2.30. The number of hydrogen-bond acceptors (Lipinski definition) is 4. The first-order chi connectivity index (χ1) is 9.85. The van der Waals surface area contributed by atoms with E-state index in [2.05, 4.69) is 5.32 Å². The van der Waals surface area contributed by atoms with E-state index in [1.54, 1.807) is 18.2 Å². The minimum absolute atomic E-state index is 0.0554. The van der Waals surface area contributed by atoms with Crippen LogP contribution in [0.3, 0.4) is 0 Å². The number of anilines is 1. The number of nitrogens with two attached hydrogens (primary N) is 1. The van der Waals surface area contributed by atoms with Gasteiger partial charge >= 0.3 is 0 Å². The molecule has 1 aromatic rings. The van der Waals surface area contributed by atoms with Crippen LogP contribution in [-0.4, -0.2) is 24.7 Å². The van der Waals surface area contributed by atoms with Crippen molar-refractivity contribution >= 4 is 11.6 Å². The van der Waals surface area contributed by atoms with Crippen LogP contribution in [0, 0.1) is 0 Å². The fraction of sp³-hybridized carbons (Fsp3) is 0.562. The quantitative estimate of drug-likeness (QED) is 0.773. The number of benzene rings is 1. The Morgan fingerprint density at radius 1 is 1.19 bits per heavy atom. The molecule has 5 nitrogen and oxygen atoms in total. The lowest BCUT2D eigenvalue weighted by Gasteiger charge is -2.18. The van der Waals surface area contributed by atoms with Crippen LogP contribution >= 0.6 is 0 Å². The molecule has 0 aliphatic heterocycles. The second kappa shape index (κ2) is 7.88. The predicted octanol–water partition coefficient (Wildman–Crippen LogP) is 2.94. The maximum Gasteiger partial charge on any atom is 0.224 e. The third-order valence-electron chi connectivity index (χ3n) is 2.82. The van der Waals surface area contributed by atoms with Gasteiger partial charge < -0.3 is 20.5 Å². The molecule has 0 fully saturated rings. The molecule has 0 radical (unpaired) electrons. The zero-order valence-electron chi connectivity index (χ0n) is 13.4. The van der Waals surface area contributed by atoms with Crippen molar-refractivity contribution in [2.45, 2.75) is 46.1 Å². The van der Waals surface area contributed by atoms with Gasteiger partial charge in [0.1, 0.15) is 0 Å². The van der Waals surface area contributed by atoms with E-state index in [4.69, 9.17) is 15.2 Å². The van der Waals surface area contributed by atoms with Gasteiger partial charge in [-0.1, -0.05) is 0 Å². The lowest BCUT2D eigenvalue weighted by atomic mass is 10.00. The molecule has 118 valence electrons. The van der Waals surface area contributed by atoms with E-state index in [0.717, 1.165) is 0 Å². The average Bonchev–Trinajstić information content (AvgIpc) is 2.39. The van der Waals surface area contributed by atoms with Gasteiger partial charge in [0, 0.05) is 23.7 Å². The van der Waals surface area contributed by atoms with E-state index < -0.39 is 0 Å². The molecule has 3 N–H and O–H groups in total. The number of carbonyl (C=O) groups excluding carboxylic acids is 1. The van der Waals surface area contributed by atoms with Crippen molar-refractivity contribution in [3.63, 3.8) is 0 Å². The monoisotopic (exact) mass is 294 g/mol. The Bertz CT molecular complexity index is 467. The standard InChI is InChI=1S/C16H26N2O3/c1-5-20-13-8-7-12(11-14(13)21-6-2)18-15(19)9-10-16(3,4)17/h7-8,11H,5-6,9-10,17H2,1-4H3,(H,18,19). The topological polar surface area (TPSA) is 73.6 Å². The second-order valence-corrected chi connectivity index (χ2v) is 5.56. The number of rotatable bonds is 8. The molecule has 1 amide bonds. The Morgan fingerprint density at radius 2 is 1.81 bits per heavy atom. The normalized spacial score (nSPS) is 11.1. The predicted molar refractivity (Wildman–Crippen MR) is 84.9 cm³/mol. The molecule has 1 rings (SSSR count). The molecule has 0 saturated heterocycles. The van der Waals surface area contributed by atoms with Crippen molar-refractivity contribution in [1.29, 1.82) is 0 Å². The van der Waals surface area contributed by atoms with Crippen molar-refractivity contribution in [3.8, 4) is 11.5 Å². The van der Waals surface area contributed by atoms with Gasteiger partial charge in [0.05, 0.1) is 13.2 Å². The molecule has 0 aliphatic carbocycles. The van der Waals surface area contributed by atoms with E-state index >= 15 is 0 Å². The molecular formula is C16H26N2O3. The van der Waals surface area contributed by atoms with Crippen molar-refractivity contribution in [2.75, 3.05) is 18.5 Å². The van der Waals surface area contributed by atoms with E-state index in [1.165, 1.54) is 0 Å². The van der Waals surface area contributed by atoms with Gasteiger partial charge in [0.25, 0.3) is 0 Å². The summed E-state index contributed by atoms with van der Waals surface area (Å²) in [5.41, 5.74) is 6.23. The van der Waals surface area contributed by atoms with Crippen molar-refractivity contribution < 1.29 is 14.3 Å². The number of carbonyl (C=O) groups is 1. The Hall–Kier alpha value is -1.75. The molecule has 0 atom stereocenters. The van der Waals surface area contributed by atoms with Gasteiger partial charge in [-0.25, -0.2) is 0 Å². The highest BCUT2D eigenvalue weighted by Gasteiger charge is 2.14. The summed E-state index contributed by atoms with van der Waals surface area (Å²) in [4.78, 5) is 11.9. The molecule has 0 aliphatic rings. The lowest BCUT2D eigenvalue weighted by molar-refractivity contribution is -0.116. The molecular weight excluding hydrogens is 268 g/mol. The van der Waals surface area contributed by atoms with Crippen LogP contribution in [0.4, 0.5) is 5.69 Å². The fourth-order valence-corrected chi connectivity index (χ4v) is 1.79. The molecule has 21 heavy (non-hydrogen) atoms. The first-order valence-corrected chi connectivity index (χ1v) is 7.34. The summed E-state index contributed by atoms with van der Waals surface area (Å²) in [6, 6.07) is 5.38. The second-order valence-electron chi connectivity index (χ2n) is 5.56. The summed E-state index contributed by atoms with van der Waals surface area (Å²) in [5.74, 6) is 1.26. The molecule has 1 aromatic carbocycles. The van der Waals surface area contributed by atoms with Gasteiger partial charge in [-0.15, -0.1) is 0 Å². The summed E-state index contributed by atoms with van der Waals surface area (Å²) in [6.45, 7) is 8.75. The first-order valence-electron chi connectivity index (χ1n) is 7.34. The molecule has 0 unspecified atom stereocenters. The van der Waals surface area contributed by atoms with E-state index in [1.807, 2.05) is 27.7 Å². The van der Waals surface area contributed by atoms with Gasteiger partial charge in [0.2, 0.25) is 5.91 Å². The van der Waals surface area contributed by atoms with Gasteiger partial charge in [0.15, 0.2) is 11.5 Å². The largest absolute Gasteiger partial charge is 0.490 e. The average molecular weight is 294 g/mol. The van der Waals surface area contributed by atoms with E-state index in [9.17, 15) is 4.79 Å². The highest BCUT2D eigenvalue weighted by molar-refractivity contribution is 5.91. The summed E-state index contributed by atoms with van der Waals surface area (Å²) in [7, 11) is 0. The summed E-state index contributed by atoms with van der Waals surface area (Å²) in [6.07, 6.45) is 1.02. The van der Waals surface area contributed by atoms with Crippen molar-refractivity contribution in [3.05, 3.63) is 18.2 Å². The number of ether oxygens (including phenoxy) is 2. The molecule has 0 bridgehead atoms. The summed E-state index contributed by atoms with van der Waals surface area (Å²) < 4.78 is 11.0. The molecule has 0 saturated carbocycles. The van der Waals surface area contributed by atoms with E-state index in [0.29, 0.717) is 43.2 Å². The zero-order valence-corrected chi connectivity index (χ0v) is 13.4. The Kier molecular flexibility index (Phi) is 6.49. The summed E-state index contributed by atoms with van der Waals surface area (Å²) in [5, 5.41) is 2.85. The third-order valence-corrected chi connectivity index (χ3v) is 2.82. The van der Waals surface area contributed by atoms with Gasteiger partial charge in [-0.05, 0) is 46.2 Å². The van der Waals surface area contributed by atoms with Crippen LogP contribution in [0.25, 0.3) is 0 Å². The Balaban J connectivity index is 2.70. The fourth-order valence-electron chi connectivity index (χ4n) is 1.79. The lowest BCUT2D eigenvalue weighted by Crippen LogP contribution is -2.33. The molecule has 0 heterocycles. The van der Waals surface area contributed by atoms with Gasteiger partial charge in [-0.3, -0.25) is 4.79 Å².